The van der Waals surface area contributed by atoms with E-state index in [2.05, 4.69) is 47.8 Å². The highest BCUT2D eigenvalue weighted by Crippen LogP contribution is 2.21. The van der Waals surface area contributed by atoms with Crippen molar-refractivity contribution >= 4 is 29.1 Å². The maximum Gasteiger partial charge on any atom is 0.227 e. The first kappa shape index (κ1) is 16.8. The number of carbonyl (C=O) groups excluding carboxylic acids is 1. The van der Waals surface area contributed by atoms with Gasteiger partial charge in [0.2, 0.25) is 5.91 Å². The molecule has 4 heteroatoms. The molecule has 3 nitrogen and oxygen atoms in total. The van der Waals surface area contributed by atoms with E-state index in [9.17, 15) is 4.79 Å². The lowest BCUT2D eigenvalue weighted by Gasteiger charge is -2.27. The van der Waals surface area contributed by atoms with E-state index in [1.54, 1.807) is 0 Å². The summed E-state index contributed by atoms with van der Waals surface area (Å²) in [6, 6.07) is 14.7. The number of hydrogen-bond donors (Lipinski definition) is 1. The molecule has 2 aromatic rings. The normalized spacial score (nSPS) is 17.8. The largest absolute Gasteiger partial charge is 0.341 e. The first-order valence-corrected chi connectivity index (χ1v) is 7.68. The average molecular weight is 319 g/mol. The molecule has 0 spiro atoms. The minimum atomic E-state index is 0. The van der Waals surface area contributed by atoms with Gasteiger partial charge in [0.25, 0.3) is 0 Å². The highest BCUT2D eigenvalue weighted by molar-refractivity contribution is 5.86. The number of hydrogen-bond acceptors (Lipinski definition) is 2. The van der Waals surface area contributed by atoms with Gasteiger partial charge in [0.05, 0.1) is 5.92 Å². The summed E-state index contributed by atoms with van der Waals surface area (Å²) in [4.78, 5) is 14.4. The van der Waals surface area contributed by atoms with Crippen molar-refractivity contribution in [3.8, 4) is 0 Å². The van der Waals surface area contributed by atoms with Gasteiger partial charge in [-0.25, -0.2) is 0 Å². The van der Waals surface area contributed by atoms with E-state index < -0.39 is 0 Å². The van der Waals surface area contributed by atoms with Gasteiger partial charge in [-0.3, -0.25) is 4.79 Å². The summed E-state index contributed by atoms with van der Waals surface area (Å²) < 4.78 is 0. The van der Waals surface area contributed by atoms with Gasteiger partial charge in [-0.15, -0.1) is 12.4 Å². The lowest BCUT2D eigenvalue weighted by molar-refractivity contribution is -0.135. The molecular weight excluding hydrogens is 296 g/mol. The second-order valence-electron chi connectivity index (χ2n) is 5.88. The second-order valence-corrected chi connectivity index (χ2v) is 5.88. The molecule has 1 aliphatic heterocycles. The molecule has 1 aliphatic rings. The predicted molar refractivity (Wildman–Crippen MR) is 93.3 cm³/mol. The first-order valence-electron chi connectivity index (χ1n) is 7.68. The maximum atomic E-state index is 12.5. The molecule has 1 fully saturated rings. The van der Waals surface area contributed by atoms with Crippen molar-refractivity contribution in [2.45, 2.75) is 19.4 Å². The SMILES string of the molecule is CN(Cc1cccc2ccccc12)C(=O)C1CCCNC1.Cl. The number of piperidine rings is 1. The molecule has 118 valence electrons. The lowest BCUT2D eigenvalue weighted by atomic mass is 9.97. The molecule has 1 saturated heterocycles. The molecule has 1 atom stereocenters. The Morgan fingerprint density at radius 1 is 1.23 bits per heavy atom. The van der Waals surface area contributed by atoms with E-state index in [1.165, 1.54) is 16.3 Å². The van der Waals surface area contributed by atoms with Crippen molar-refractivity contribution in [1.82, 2.24) is 10.2 Å². The standard InChI is InChI=1S/C18H22N2O.ClH/c1-20(18(21)15-9-5-11-19-12-15)13-16-8-4-7-14-6-2-3-10-17(14)16;/h2-4,6-8,10,15,19H,5,9,11-13H2,1H3;1H. The van der Waals surface area contributed by atoms with Crippen molar-refractivity contribution in [3.05, 3.63) is 48.0 Å². The Morgan fingerprint density at radius 2 is 2.00 bits per heavy atom. The zero-order chi connectivity index (χ0) is 14.7. The Balaban J connectivity index is 0.00000176. The Bertz CT molecular complexity index is 633. The zero-order valence-corrected chi connectivity index (χ0v) is 13.7. The minimum absolute atomic E-state index is 0. The van der Waals surface area contributed by atoms with Crippen molar-refractivity contribution in [2.75, 3.05) is 20.1 Å². The maximum absolute atomic E-state index is 12.5. The number of nitrogens with one attached hydrogen (secondary N) is 1. The lowest BCUT2D eigenvalue weighted by Crippen LogP contribution is -2.41. The first-order chi connectivity index (χ1) is 10.3. The van der Waals surface area contributed by atoms with E-state index >= 15 is 0 Å². The van der Waals surface area contributed by atoms with E-state index in [0.29, 0.717) is 6.54 Å². The van der Waals surface area contributed by atoms with Gasteiger partial charge in [0.1, 0.15) is 0 Å². The Labute approximate surface area is 138 Å². The van der Waals surface area contributed by atoms with Crippen LogP contribution in [0.25, 0.3) is 10.8 Å². The van der Waals surface area contributed by atoms with Crippen LogP contribution in [0.2, 0.25) is 0 Å². The molecule has 1 unspecified atom stereocenters. The van der Waals surface area contributed by atoms with Gasteiger partial charge in [-0.05, 0) is 35.7 Å². The fourth-order valence-corrected chi connectivity index (χ4v) is 3.14. The van der Waals surface area contributed by atoms with Gasteiger partial charge in [0.15, 0.2) is 0 Å². The molecule has 1 heterocycles. The van der Waals surface area contributed by atoms with Crippen LogP contribution in [0.4, 0.5) is 0 Å². The summed E-state index contributed by atoms with van der Waals surface area (Å²) in [5.41, 5.74) is 1.22. The van der Waals surface area contributed by atoms with Crippen LogP contribution in [-0.2, 0) is 11.3 Å². The fourth-order valence-electron chi connectivity index (χ4n) is 3.14. The highest BCUT2D eigenvalue weighted by Gasteiger charge is 2.24. The van der Waals surface area contributed by atoms with Crippen LogP contribution in [0.3, 0.4) is 0 Å². The fraction of sp³-hybridized carbons (Fsp3) is 0.389. The third-order valence-electron chi connectivity index (χ3n) is 4.31. The number of halogens is 1. The second kappa shape index (κ2) is 7.61. The third-order valence-corrected chi connectivity index (χ3v) is 4.31. The molecule has 0 bridgehead atoms. The van der Waals surface area contributed by atoms with Crippen molar-refractivity contribution in [3.63, 3.8) is 0 Å². The number of benzene rings is 2. The Morgan fingerprint density at radius 3 is 2.77 bits per heavy atom. The molecule has 22 heavy (non-hydrogen) atoms. The molecule has 0 aromatic heterocycles. The summed E-state index contributed by atoms with van der Waals surface area (Å²) in [5.74, 6) is 0.397. The van der Waals surface area contributed by atoms with E-state index in [0.717, 1.165) is 25.9 Å². The van der Waals surface area contributed by atoms with Crippen LogP contribution in [0.1, 0.15) is 18.4 Å². The van der Waals surface area contributed by atoms with Gasteiger partial charge in [0, 0.05) is 20.1 Å². The summed E-state index contributed by atoms with van der Waals surface area (Å²) in [6.07, 6.45) is 2.10. The van der Waals surface area contributed by atoms with E-state index in [1.807, 2.05) is 11.9 Å². The number of amides is 1. The number of carbonyl (C=O) groups is 1. The van der Waals surface area contributed by atoms with Crippen LogP contribution < -0.4 is 5.32 Å². The molecule has 0 radical (unpaired) electrons. The molecule has 1 amide bonds. The number of rotatable bonds is 3. The Hall–Kier alpha value is -1.58. The molecule has 1 N–H and O–H groups in total. The summed E-state index contributed by atoms with van der Waals surface area (Å²) in [7, 11) is 1.92. The van der Waals surface area contributed by atoms with E-state index in [-0.39, 0.29) is 24.2 Å². The average Bonchev–Trinajstić information content (AvgIpc) is 2.55. The minimum Gasteiger partial charge on any atom is -0.341 e. The smallest absolute Gasteiger partial charge is 0.227 e. The van der Waals surface area contributed by atoms with Crippen LogP contribution in [-0.4, -0.2) is 30.9 Å². The monoisotopic (exact) mass is 318 g/mol. The predicted octanol–water partition coefficient (Wildman–Crippen LogP) is 3.22. The van der Waals surface area contributed by atoms with Crippen molar-refractivity contribution in [1.29, 1.82) is 0 Å². The van der Waals surface area contributed by atoms with Crippen molar-refractivity contribution < 1.29 is 4.79 Å². The number of nitrogens with zero attached hydrogens (tertiary/aromatic N) is 1. The van der Waals surface area contributed by atoms with Crippen LogP contribution >= 0.6 is 12.4 Å². The van der Waals surface area contributed by atoms with E-state index in [4.69, 9.17) is 0 Å². The topological polar surface area (TPSA) is 32.3 Å². The molecule has 3 rings (SSSR count). The van der Waals surface area contributed by atoms with Gasteiger partial charge in [-0.1, -0.05) is 42.5 Å². The highest BCUT2D eigenvalue weighted by atomic mass is 35.5. The van der Waals surface area contributed by atoms with Crippen LogP contribution in [0.15, 0.2) is 42.5 Å². The van der Waals surface area contributed by atoms with Gasteiger partial charge < -0.3 is 10.2 Å². The molecule has 2 aromatic carbocycles. The van der Waals surface area contributed by atoms with Gasteiger partial charge >= 0.3 is 0 Å². The summed E-state index contributed by atoms with van der Waals surface area (Å²) >= 11 is 0. The Kier molecular flexibility index (Phi) is 5.81. The van der Waals surface area contributed by atoms with Crippen LogP contribution in [0, 0.1) is 5.92 Å². The quantitative estimate of drug-likeness (QED) is 0.942. The third kappa shape index (κ3) is 3.60. The number of fused-ring (bicyclic) bond motifs is 1. The molecule has 0 saturated carbocycles. The molecule has 0 aliphatic carbocycles. The summed E-state index contributed by atoms with van der Waals surface area (Å²) in [6.45, 7) is 2.53. The summed E-state index contributed by atoms with van der Waals surface area (Å²) in [5, 5.41) is 5.79. The van der Waals surface area contributed by atoms with Crippen molar-refractivity contribution in [2.24, 2.45) is 5.92 Å². The molecular formula is C18H23ClN2O. The van der Waals surface area contributed by atoms with Crippen LogP contribution in [0.5, 0.6) is 0 Å². The zero-order valence-electron chi connectivity index (χ0n) is 12.9. The van der Waals surface area contributed by atoms with Gasteiger partial charge in [-0.2, -0.15) is 0 Å².